The molecule has 2 rings (SSSR count). The monoisotopic (exact) mass is 273 g/mol. The van der Waals surface area contributed by atoms with Crippen molar-refractivity contribution in [2.24, 2.45) is 5.73 Å². The van der Waals surface area contributed by atoms with E-state index in [1.54, 1.807) is 11.8 Å². The van der Waals surface area contributed by atoms with E-state index in [2.05, 4.69) is 41.2 Å². The third kappa shape index (κ3) is 3.55. The van der Waals surface area contributed by atoms with Crippen LogP contribution in [0.1, 0.15) is 35.6 Å². The van der Waals surface area contributed by atoms with Crippen LogP contribution in [0, 0.1) is 13.8 Å². The van der Waals surface area contributed by atoms with Crippen molar-refractivity contribution in [1.82, 2.24) is 9.97 Å². The van der Waals surface area contributed by atoms with E-state index in [9.17, 15) is 0 Å². The maximum absolute atomic E-state index is 5.86. The van der Waals surface area contributed by atoms with Gasteiger partial charge in [0.15, 0.2) is 0 Å². The molecule has 2 N–H and O–H groups in total. The molecule has 19 heavy (non-hydrogen) atoms. The molecule has 1 atom stereocenters. The zero-order valence-electron chi connectivity index (χ0n) is 11.6. The second-order valence-electron chi connectivity index (χ2n) is 4.67. The summed E-state index contributed by atoms with van der Waals surface area (Å²) in [5.41, 5.74) is 9.15. The molecule has 1 aromatic heterocycles. The second-order valence-corrected chi connectivity index (χ2v) is 5.69. The highest BCUT2D eigenvalue weighted by Crippen LogP contribution is 2.25. The lowest BCUT2D eigenvalue weighted by Crippen LogP contribution is -2.10. The zero-order chi connectivity index (χ0) is 13.8. The van der Waals surface area contributed by atoms with Crippen LogP contribution in [0.25, 0.3) is 0 Å². The lowest BCUT2D eigenvalue weighted by Gasteiger charge is -2.10. The number of nitrogens with two attached hydrogens (primary N) is 1. The first-order chi connectivity index (χ1) is 9.08. The molecule has 1 heterocycles. The average Bonchev–Trinajstić information content (AvgIpc) is 2.37. The molecule has 0 saturated carbocycles. The molecule has 3 nitrogen and oxygen atoms in total. The molecule has 0 radical (unpaired) electrons. The van der Waals surface area contributed by atoms with Crippen molar-refractivity contribution in [2.75, 3.05) is 0 Å². The third-order valence-corrected chi connectivity index (χ3v) is 4.18. The van der Waals surface area contributed by atoms with E-state index in [1.165, 1.54) is 10.5 Å². The predicted octanol–water partition coefficient (Wildman–Crippen LogP) is 3.41. The largest absolute Gasteiger partial charge is 0.324 e. The van der Waals surface area contributed by atoms with Crippen LogP contribution in [0.4, 0.5) is 0 Å². The molecule has 0 aliphatic heterocycles. The van der Waals surface area contributed by atoms with Gasteiger partial charge in [0.25, 0.3) is 0 Å². The standard InChI is InChI=1S/C15H19N3S/c1-10-6-4-5-7-14(10)19-9-15-17-8-13(11(2)16)12(3)18-15/h4-8,11H,9,16H2,1-3H3/t11-/m1/s1. The second kappa shape index (κ2) is 6.17. The summed E-state index contributed by atoms with van der Waals surface area (Å²) in [7, 11) is 0. The van der Waals surface area contributed by atoms with Gasteiger partial charge in [0.1, 0.15) is 5.82 Å². The maximum atomic E-state index is 5.86. The van der Waals surface area contributed by atoms with Gasteiger partial charge in [-0.3, -0.25) is 0 Å². The molecule has 0 amide bonds. The van der Waals surface area contributed by atoms with Crippen molar-refractivity contribution in [3.63, 3.8) is 0 Å². The predicted molar refractivity (Wildman–Crippen MR) is 80.1 cm³/mol. The summed E-state index contributed by atoms with van der Waals surface area (Å²) >= 11 is 1.77. The summed E-state index contributed by atoms with van der Waals surface area (Å²) < 4.78 is 0. The van der Waals surface area contributed by atoms with Crippen LogP contribution in [0.15, 0.2) is 35.4 Å². The van der Waals surface area contributed by atoms with Crippen LogP contribution < -0.4 is 5.73 Å². The maximum Gasteiger partial charge on any atom is 0.138 e. The van der Waals surface area contributed by atoms with Crippen LogP contribution in [0.2, 0.25) is 0 Å². The number of rotatable bonds is 4. The fraction of sp³-hybridized carbons (Fsp3) is 0.333. The topological polar surface area (TPSA) is 51.8 Å². The van der Waals surface area contributed by atoms with Gasteiger partial charge in [0.05, 0.1) is 5.75 Å². The highest BCUT2D eigenvalue weighted by atomic mass is 32.2. The number of hydrogen-bond acceptors (Lipinski definition) is 4. The van der Waals surface area contributed by atoms with E-state index in [0.717, 1.165) is 22.8 Å². The third-order valence-electron chi connectivity index (χ3n) is 3.01. The summed E-state index contributed by atoms with van der Waals surface area (Å²) in [5.74, 6) is 1.64. The van der Waals surface area contributed by atoms with Crippen molar-refractivity contribution < 1.29 is 0 Å². The minimum absolute atomic E-state index is 0.0157. The Hall–Kier alpha value is -1.39. The van der Waals surface area contributed by atoms with Crippen molar-refractivity contribution in [3.8, 4) is 0 Å². The van der Waals surface area contributed by atoms with E-state index in [4.69, 9.17) is 5.73 Å². The van der Waals surface area contributed by atoms with Crippen LogP contribution in [-0.2, 0) is 5.75 Å². The fourth-order valence-corrected chi connectivity index (χ4v) is 2.80. The Balaban J connectivity index is 2.08. The first-order valence-electron chi connectivity index (χ1n) is 6.34. The first-order valence-corrected chi connectivity index (χ1v) is 7.33. The highest BCUT2D eigenvalue weighted by Gasteiger charge is 2.08. The average molecular weight is 273 g/mol. The number of aryl methyl sites for hydroxylation is 2. The van der Waals surface area contributed by atoms with Crippen molar-refractivity contribution >= 4 is 11.8 Å². The molecule has 1 aromatic carbocycles. The van der Waals surface area contributed by atoms with Gasteiger partial charge >= 0.3 is 0 Å². The molecule has 0 aliphatic carbocycles. The highest BCUT2D eigenvalue weighted by molar-refractivity contribution is 7.98. The number of aromatic nitrogens is 2. The molecule has 0 fully saturated rings. The number of nitrogens with zero attached hydrogens (tertiary/aromatic N) is 2. The Bertz CT molecular complexity index is 567. The van der Waals surface area contributed by atoms with Gasteiger partial charge in [0, 0.05) is 28.4 Å². The van der Waals surface area contributed by atoms with Crippen LogP contribution >= 0.6 is 11.8 Å². The van der Waals surface area contributed by atoms with Crippen molar-refractivity contribution in [2.45, 2.75) is 37.5 Å². The minimum Gasteiger partial charge on any atom is -0.324 e. The van der Waals surface area contributed by atoms with E-state index in [0.29, 0.717) is 0 Å². The molecule has 0 spiro atoms. The van der Waals surface area contributed by atoms with Gasteiger partial charge in [-0.1, -0.05) is 18.2 Å². The van der Waals surface area contributed by atoms with Crippen LogP contribution in [-0.4, -0.2) is 9.97 Å². The van der Waals surface area contributed by atoms with Crippen LogP contribution in [0.3, 0.4) is 0 Å². The normalized spacial score (nSPS) is 12.4. The Morgan fingerprint density at radius 2 is 2.00 bits per heavy atom. The summed E-state index contributed by atoms with van der Waals surface area (Å²) in [4.78, 5) is 10.2. The molecular formula is C15H19N3S. The smallest absolute Gasteiger partial charge is 0.138 e. The molecule has 0 unspecified atom stereocenters. The minimum atomic E-state index is -0.0157. The summed E-state index contributed by atoms with van der Waals surface area (Å²) in [6.07, 6.45) is 1.85. The Kier molecular flexibility index (Phi) is 4.56. The molecule has 100 valence electrons. The Labute approximate surface area is 118 Å². The molecule has 2 aromatic rings. The summed E-state index contributed by atoms with van der Waals surface area (Å²) in [6.45, 7) is 6.06. The lowest BCUT2D eigenvalue weighted by molar-refractivity contribution is 0.781. The van der Waals surface area contributed by atoms with Gasteiger partial charge in [-0.15, -0.1) is 11.8 Å². The molecule has 0 saturated heterocycles. The van der Waals surface area contributed by atoms with E-state index < -0.39 is 0 Å². The number of hydrogen-bond donors (Lipinski definition) is 1. The molecule has 4 heteroatoms. The zero-order valence-corrected chi connectivity index (χ0v) is 12.4. The molecular weight excluding hydrogens is 254 g/mol. The lowest BCUT2D eigenvalue weighted by atomic mass is 10.1. The van der Waals surface area contributed by atoms with Gasteiger partial charge in [0.2, 0.25) is 0 Å². The van der Waals surface area contributed by atoms with Gasteiger partial charge in [-0.25, -0.2) is 9.97 Å². The van der Waals surface area contributed by atoms with E-state index in [1.807, 2.05) is 20.0 Å². The molecule has 0 bridgehead atoms. The summed E-state index contributed by atoms with van der Waals surface area (Å²) in [6, 6.07) is 8.34. The summed E-state index contributed by atoms with van der Waals surface area (Å²) in [5, 5.41) is 0. The van der Waals surface area contributed by atoms with Gasteiger partial charge < -0.3 is 5.73 Å². The van der Waals surface area contributed by atoms with E-state index >= 15 is 0 Å². The fourth-order valence-electron chi connectivity index (χ4n) is 1.90. The number of benzene rings is 1. The van der Waals surface area contributed by atoms with Gasteiger partial charge in [-0.05, 0) is 32.4 Å². The Morgan fingerprint density at radius 3 is 2.63 bits per heavy atom. The Morgan fingerprint density at radius 1 is 1.26 bits per heavy atom. The number of thioether (sulfide) groups is 1. The van der Waals surface area contributed by atoms with Crippen molar-refractivity contribution in [1.29, 1.82) is 0 Å². The molecule has 0 aliphatic rings. The van der Waals surface area contributed by atoms with Crippen LogP contribution in [0.5, 0.6) is 0 Å². The van der Waals surface area contributed by atoms with E-state index in [-0.39, 0.29) is 6.04 Å². The van der Waals surface area contributed by atoms with Crippen molar-refractivity contribution in [3.05, 3.63) is 53.1 Å². The quantitative estimate of drug-likeness (QED) is 0.867. The van der Waals surface area contributed by atoms with Gasteiger partial charge in [-0.2, -0.15) is 0 Å². The SMILES string of the molecule is Cc1ccccc1SCc1ncc([C@@H](C)N)c(C)n1. The first kappa shape index (κ1) is 14.0.